The van der Waals surface area contributed by atoms with Gasteiger partial charge in [-0.25, -0.2) is 0 Å². The summed E-state index contributed by atoms with van der Waals surface area (Å²) in [6.07, 6.45) is 1.36. The zero-order valence-electron chi connectivity index (χ0n) is 10.2. The van der Waals surface area contributed by atoms with Crippen LogP contribution in [0.2, 0.25) is 0 Å². The molecule has 0 unspecified atom stereocenters. The van der Waals surface area contributed by atoms with E-state index in [0.717, 1.165) is 29.7 Å². The van der Waals surface area contributed by atoms with Crippen molar-refractivity contribution in [2.45, 2.75) is 39.8 Å². The summed E-state index contributed by atoms with van der Waals surface area (Å²) in [5, 5.41) is 3.39. The van der Waals surface area contributed by atoms with E-state index in [2.05, 4.69) is 34.2 Å². The minimum absolute atomic E-state index is 0.214. The first kappa shape index (κ1) is 13.5. The van der Waals surface area contributed by atoms with Gasteiger partial charge in [-0.15, -0.1) is 0 Å². The number of hydrogen-bond donors (Lipinski definition) is 1. The molecule has 0 amide bonds. The topological polar surface area (TPSA) is 21.3 Å². The molecule has 0 aromatic heterocycles. The van der Waals surface area contributed by atoms with Crippen LogP contribution in [0, 0.1) is 0 Å². The normalized spacial score (nSPS) is 10.8. The van der Waals surface area contributed by atoms with Gasteiger partial charge in [0.05, 0.1) is 6.10 Å². The Morgan fingerprint density at radius 2 is 2.12 bits per heavy atom. The molecule has 0 saturated carbocycles. The summed E-state index contributed by atoms with van der Waals surface area (Å²) in [5.74, 6) is 0.974. The Labute approximate surface area is 107 Å². The highest BCUT2D eigenvalue weighted by atomic mass is 79.9. The molecule has 0 radical (unpaired) electrons. The van der Waals surface area contributed by atoms with Crippen molar-refractivity contribution in [2.75, 3.05) is 6.54 Å². The fourth-order valence-electron chi connectivity index (χ4n) is 1.45. The van der Waals surface area contributed by atoms with Crippen LogP contribution < -0.4 is 10.1 Å². The maximum Gasteiger partial charge on any atom is 0.124 e. The average Bonchev–Trinajstić information content (AvgIpc) is 2.22. The van der Waals surface area contributed by atoms with Gasteiger partial charge in [-0.2, -0.15) is 0 Å². The fourth-order valence-corrected chi connectivity index (χ4v) is 1.86. The highest BCUT2D eigenvalue weighted by Gasteiger charge is 2.05. The average molecular weight is 286 g/mol. The van der Waals surface area contributed by atoms with Crippen LogP contribution in [0.4, 0.5) is 0 Å². The van der Waals surface area contributed by atoms with Crippen molar-refractivity contribution in [2.24, 2.45) is 0 Å². The van der Waals surface area contributed by atoms with Crippen molar-refractivity contribution in [3.63, 3.8) is 0 Å². The van der Waals surface area contributed by atoms with Crippen molar-refractivity contribution >= 4 is 15.9 Å². The van der Waals surface area contributed by atoms with Gasteiger partial charge in [-0.1, -0.05) is 22.9 Å². The van der Waals surface area contributed by atoms with Crippen LogP contribution in [0.3, 0.4) is 0 Å². The molecule has 0 saturated heterocycles. The second-order valence-electron chi connectivity index (χ2n) is 4.10. The molecule has 90 valence electrons. The lowest BCUT2D eigenvalue weighted by atomic mass is 10.2. The van der Waals surface area contributed by atoms with Crippen molar-refractivity contribution in [1.82, 2.24) is 5.32 Å². The van der Waals surface area contributed by atoms with E-state index in [1.165, 1.54) is 5.56 Å². The van der Waals surface area contributed by atoms with Crippen LogP contribution in [-0.4, -0.2) is 12.6 Å². The maximum absolute atomic E-state index is 5.77. The summed E-state index contributed by atoms with van der Waals surface area (Å²) in [6.45, 7) is 8.15. The van der Waals surface area contributed by atoms with E-state index in [1.807, 2.05) is 26.0 Å². The zero-order valence-corrected chi connectivity index (χ0v) is 11.8. The molecular formula is C13H20BrNO. The summed E-state index contributed by atoms with van der Waals surface area (Å²) in [5.41, 5.74) is 1.21. The van der Waals surface area contributed by atoms with Crippen molar-refractivity contribution in [3.8, 4) is 5.75 Å². The molecule has 0 fully saturated rings. The molecular weight excluding hydrogens is 266 g/mol. The molecule has 0 aliphatic rings. The molecule has 16 heavy (non-hydrogen) atoms. The van der Waals surface area contributed by atoms with Crippen LogP contribution in [0.25, 0.3) is 0 Å². The SMILES string of the molecule is CCCNCc1cc(Br)ccc1OC(C)C. The summed E-state index contributed by atoms with van der Waals surface area (Å²) in [4.78, 5) is 0. The van der Waals surface area contributed by atoms with Gasteiger partial charge in [0.25, 0.3) is 0 Å². The summed E-state index contributed by atoms with van der Waals surface area (Å²) in [7, 11) is 0. The third-order valence-electron chi connectivity index (χ3n) is 2.13. The smallest absolute Gasteiger partial charge is 0.124 e. The monoisotopic (exact) mass is 285 g/mol. The van der Waals surface area contributed by atoms with Gasteiger partial charge in [0.1, 0.15) is 5.75 Å². The molecule has 1 aromatic carbocycles. The van der Waals surface area contributed by atoms with E-state index in [0.29, 0.717) is 0 Å². The second-order valence-corrected chi connectivity index (χ2v) is 5.01. The molecule has 1 N–H and O–H groups in total. The molecule has 0 heterocycles. The Hall–Kier alpha value is -0.540. The molecule has 0 aliphatic heterocycles. The van der Waals surface area contributed by atoms with Gasteiger partial charge in [0, 0.05) is 16.6 Å². The van der Waals surface area contributed by atoms with Crippen LogP contribution in [0.15, 0.2) is 22.7 Å². The quantitative estimate of drug-likeness (QED) is 0.804. The number of benzene rings is 1. The van der Waals surface area contributed by atoms with E-state index in [-0.39, 0.29) is 6.10 Å². The molecule has 0 atom stereocenters. The minimum Gasteiger partial charge on any atom is -0.491 e. The Balaban J connectivity index is 2.73. The number of ether oxygens (including phenoxy) is 1. The first-order chi connectivity index (χ1) is 7.63. The van der Waals surface area contributed by atoms with E-state index >= 15 is 0 Å². The second kappa shape index (κ2) is 6.92. The standard InChI is InChI=1S/C13H20BrNO/c1-4-7-15-9-11-8-12(14)5-6-13(11)16-10(2)3/h5-6,8,10,15H,4,7,9H2,1-3H3. The Bertz CT molecular complexity index is 326. The number of halogens is 1. The lowest BCUT2D eigenvalue weighted by Crippen LogP contribution is -2.16. The van der Waals surface area contributed by atoms with Crippen LogP contribution in [0.5, 0.6) is 5.75 Å². The van der Waals surface area contributed by atoms with Crippen molar-refractivity contribution in [1.29, 1.82) is 0 Å². The molecule has 3 heteroatoms. The molecule has 1 aromatic rings. The first-order valence-corrected chi connectivity index (χ1v) is 6.58. The zero-order chi connectivity index (χ0) is 12.0. The predicted octanol–water partition coefficient (Wildman–Crippen LogP) is 3.74. The van der Waals surface area contributed by atoms with E-state index in [4.69, 9.17) is 4.74 Å². The number of rotatable bonds is 6. The summed E-state index contributed by atoms with van der Waals surface area (Å²) < 4.78 is 6.86. The molecule has 0 bridgehead atoms. The first-order valence-electron chi connectivity index (χ1n) is 5.79. The lowest BCUT2D eigenvalue weighted by Gasteiger charge is -2.15. The maximum atomic E-state index is 5.77. The van der Waals surface area contributed by atoms with Crippen LogP contribution in [-0.2, 0) is 6.54 Å². The highest BCUT2D eigenvalue weighted by Crippen LogP contribution is 2.24. The van der Waals surface area contributed by atoms with Crippen molar-refractivity contribution in [3.05, 3.63) is 28.2 Å². The Morgan fingerprint density at radius 3 is 2.75 bits per heavy atom. The molecule has 2 nitrogen and oxygen atoms in total. The van der Waals surface area contributed by atoms with Gasteiger partial charge in [0.2, 0.25) is 0 Å². The fraction of sp³-hybridized carbons (Fsp3) is 0.538. The van der Waals surface area contributed by atoms with Crippen LogP contribution >= 0.6 is 15.9 Å². The number of nitrogens with one attached hydrogen (secondary N) is 1. The molecule has 0 spiro atoms. The van der Waals surface area contributed by atoms with E-state index < -0.39 is 0 Å². The predicted molar refractivity (Wildman–Crippen MR) is 71.9 cm³/mol. The third-order valence-corrected chi connectivity index (χ3v) is 2.62. The van der Waals surface area contributed by atoms with E-state index in [1.54, 1.807) is 0 Å². The van der Waals surface area contributed by atoms with Crippen LogP contribution in [0.1, 0.15) is 32.8 Å². The van der Waals surface area contributed by atoms with Gasteiger partial charge in [-0.3, -0.25) is 0 Å². The summed E-state index contributed by atoms with van der Waals surface area (Å²) >= 11 is 3.49. The lowest BCUT2D eigenvalue weighted by molar-refractivity contribution is 0.239. The Kier molecular flexibility index (Phi) is 5.85. The molecule has 0 aliphatic carbocycles. The highest BCUT2D eigenvalue weighted by molar-refractivity contribution is 9.10. The van der Waals surface area contributed by atoms with Crippen molar-refractivity contribution < 1.29 is 4.74 Å². The molecule has 1 rings (SSSR count). The van der Waals surface area contributed by atoms with Gasteiger partial charge in [0.15, 0.2) is 0 Å². The third kappa shape index (κ3) is 4.54. The largest absolute Gasteiger partial charge is 0.491 e. The number of hydrogen-bond acceptors (Lipinski definition) is 2. The van der Waals surface area contributed by atoms with E-state index in [9.17, 15) is 0 Å². The minimum atomic E-state index is 0.214. The summed E-state index contributed by atoms with van der Waals surface area (Å²) in [6, 6.07) is 6.15. The van der Waals surface area contributed by atoms with Gasteiger partial charge >= 0.3 is 0 Å². The van der Waals surface area contributed by atoms with Gasteiger partial charge in [-0.05, 0) is 45.0 Å². The Morgan fingerprint density at radius 1 is 1.38 bits per heavy atom. The van der Waals surface area contributed by atoms with Gasteiger partial charge < -0.3 is 10.1 Å².